The first-order valence-corrected chi connectivity index (χ1v) is 7.50. The van der Waals surface area contributed by atoms with Gasteiger partial charge in [-0.3, -0.25) is 9.59 Å². The van der Waals surface area contributed by atoms with Gasteiger partial charge in [0.2, 0.25) is 0 Å². The van der Waals surface area contributed by atoms with Crippen LogP contribution in [0, 0.1) is 0 Å². The number of rotatable bonds is 0. The summed E-state index contributed by atoms with van der Waals surface area (Å²) in [6.45, 7) is 0.430. The first-order valence-electron chi connectivity index (χ1n) is 6.45. The first-order chi connectivity index (χ1) is 9.75. The fourth-order valence-electron chi connectivity index (χ4n) is 2.84. The maximum Gasteiger partial charge on any atom is 0.256 e. The third-order valence-electron chi connectivity index (χ3n) is 3.79. The predicted octanol–water partition coefficient (Wildman–Crippen LogP) is 2.53. The lowest BCUT2D eigenvalue weighted by atomic mass is 10.1. The smallest absolute Gasteiger partial charge is 0.256 e. The number of ketones is 1. The molecular weight excluding hydrogens is 272 g/mol. The van der Waals surface area contributed by atoms with Crippen molar-refractivity contribution >= 4 is 23.5 Å². The molecule has 2 aromatic rings. The van der Waals surface area contributed by atoms with Gasteiger partial charge in [0.05, 0.1) is 18.1 Å². The van der Waals surface area contributed by atoms with E-state index in [1.165, 1.54) is 11.8 Å². The van der Waals surface area contributed by atoms with Crippen LogP contribution >= 0.6 is 11.8 Å². The summed E-state index contributed by atoms with van der Waals surface area (Å²) in [4.78, 5) is 26.5. The van der Waals surface area contributed by atoms with Crippen LogP contribution in [0.1, 0.15) is 31.8 Å². The monoisotopic (exact) mass is 284 g/mol. The molecule has 20 heavy (non-hydrogen) atoms. The number of benzene rings is 1. The molecule has 2 aliphatic heterocycles. The zero-order valence-corrected chi connectivity index (χ0v) is 11.5. The molecule has 1 amide bonds. The molecule has 0 aliphatic carbocycles. The number of thioether (sulfide) groups is 1. The molecule has 1 unspecified atom stereocenters. The van der Waals surface area contributed by atoms with Gasteiger partial charge in [0.1, 0.15) is 5.37 Å². The van der Waals surface area contributed by atoms with Gasteiger partial charge in [-0.25, -0.2) is 0 Å². The lowest BCUT2D eigenvalue weighted by Gasteiger charge is -2.28. The second kappa shape index (κ2) is 4.24. The second-order valence-electron chi connectivity index (χ2n) is 4.95. The van der Waals surface area contributed by atoms with Gasteiger partial charge >= 0.3 is 0 Å². The number of carbonyl (C=O) groups is 2. The molecule has 4 rings (SSSR count). The van der Waals surface area contributed by atoms with Gasteiger partial charge in [0, 0.05) is 11.8 Å². The van der Waals surface area contributed by atoms with Crippen molar-refractivity contribution in [2.75, 3.05) is 5.75 Å². The summed E-state index contributed by atoms with van der Waals surface area (Å²) in [5.74, 6) is 0.566. The average Bonchev–Trinajstić information content (AvgIpc) is 3.01. The Morgan fingerprint density at radius 2 is 1.95 bits per heavy atom. The van der Waals surface area contributed by atoms with Crippen LogP contribution in [0.4, 0.5) is 0 Å². The standard InChI is InChI=1S/C15H12N2O2S/c18-13-8-20-15-11-5-2-1-4-10(11)14(19)17(15)9-16-7-3-6-12(13)16/h1-7,15H,8-9H2. The number of hydrogen-bond acceptors (Lipinski definition) is 3. The second-order valence-corrected chi connectivity index (χ2v) is 6.02. The fraction of sp³-hybridized carbons (Fsp3) is 0.200. The highest BCUT2D eigenvalue weighted by molar-refractivity contribution is 8.00. The molecule has 0 N–H and O–H groups in total. The molecule has 0 radical (unpaired) electrons. The third-order valence-corrected chi connectivity index (χ3v) is 5.05. The van der Waals surface area contributed by atoms with Crippen LogP contribution in [0.25, 0.3) is 0 Å². The van der Waals surface area contributed by atoms with Crippen molar-refractivity contribution in [2.45, 2.75) is 12.0 Å². The molecule has 0 saturated heterocycles. The molecule has 1 aromatic heterocycles. The number of carbonyl (C=O) groups excluding carboxylic acids is 2. The van der Waals surface area contributed by atoms with Gasteiger partial charge in [0.25, 0.3) is 5.91 Å². The highest BCUT2D eigenvalue weighted by Gasteiger charge is 2.38. The van der Waals surface area contributed by atoms with E-state index >= 15 is 0 Å². The summed E-state index contributed by atoms with van der Waals surface area (Å²) < 4.78 is 1.86. The van der Waals surface area contributed by atoms with E-state index in [2.05, 4.69) is 0 Å². The van der Waals surface area contributed by atoms with E-state index in [0.717, 1.165) is 11.1 Å². The molecule has 0 saturated carbocycles. The van der Waals surface area contributed by atoms with E-state index in [4.69, 9.17) is 0 Å². The molecule has 100 valence electrons. The quantitative estimate of drug-likeness (QED) is 0.746. The highest BCUT2D eigenvalue weighted by atomic mass is 32.2. The largest absolute Gasteiger partial charge is 0.327 e. The van der Waals surface area contributed by atoms with E-state index in [1.807, 2.05) is 52.1 Å². The molecule has 5 heteroatoms. The van der Waals surface area contributed by atoms with Gasteiger partial charge in [0.15, 0.2) is 5.78 Å². The SMILES string of the molecule is O=C1CSC2c3ccccc3C(=O)N2Cn2cccc21. The lowest BCUT2D eigenvalue weighted by molar-refractivity contribution is 0.0712. The molecule has 4 nitrogen and oxygen atoms in total. The Balaban J connectivity index is 1.82. The van der Waals surface area contributed by atoms with Crippen LogP contribution < -0.4 is 0 Å². The van der Waals surface area contributed by atoms with Crippen LogP contribution in [0.3, 0.4) is 0 Å². The van der Waals surface area contributed by atoms with Gasteiger partial charge in [-0.15, -0.1) is 11.8 Å². The summed E-state index contributed by atoms with van der Waals surface area (Å²) in [5.41, 5.74) is 2.46. The Hall–Kier alpha value is -2.01. The molecule has 1 atom stereocenters. The van der Waals surface area contributed by atoms with E-state index in [0.29, 0.717) is 18.1 Å². The van der Waals surface area contributed by atoms with E-state index in [9.17, 15) is 9.59 Å². The normalized spacial score (nSPS) is 21.0. The number of Topliss-reactive ketones (excluding diaryl/α,β-unsaturated/α-hetero) is 1. The lowest BCUT2D eigenvalue weighted by Crippen LogP contribution is -2.32. The summed E-state index contributed by atoms with van der Waals surface area (Å²) in [7, 11) is 0. The summed E-state index contributed by atoms with van der Waals surface area (Å²) in [5, 5.41) is -0.0572. The Morgan fingerprint density at radius 3 is 2.85 bits per heavy atom. The molecule has 0 spiro atoms. The zero-order chi connectivity index (χ0) is 13.7. The third kappa shape index (κ3) is 1.56. The molecule has 3 heterocycles. The van der Waals surface area contributed by atoms with Crippen molar-refractivity contribution in [3.63, 3.8) is 0 Å². The average molecular weight is 284 g/mol. The van der Waals surface area contributed by atoms with E-state index in [1.54, 1.807) is 0 Å². The minimum atomic E-state index is -0.0572. The Kier molecular flexibility index (Phi) is 2.50. The van der Waals surface area contributed by atoms with Crippen molar-refractivity contribution < 1.29 is 9.59 Å². The van der Waals surface area contributed by atoms with Crippen LogP contribution in [-0.2, 0) is 6.67 Å². The molecule has 2 aliphatic rings. The number of aromatic nitrogens is 1. The molecule has 0 bridgehead atoms. The van der Waals surface area contributed by atoms with Crippen LogP contribution in [0.5, 0.6) is 0 Å². The maximum absolute atomic E-state index is 12.5. The minimum absolute atomic E-state index is 0.0482. The van der Waals surface area contributed by atoms with Gasteiger partial charge < -0.3 is 9.47 Å². The number of fused-ring (bicyclic) bond motifs is 4. The van der Waals surface area contributed by atoms with Gasteiger partial charge in [-0.1, -0.05) is 18.2 Å². The number of amides is 1. The molecule has 1 aromatic carbocycles. The van der Waals surface area contributed by atoms with Gasteiger partial charge in [-0.2, -0.15) is 0 Å². The van der Waals surface area contributed by atoms with E-state index in [-0.39, 0.29) is 17.1 Å². The fourth-order valence-corrected chi connectivity index (χ4v) is 4.02. The minimum Gasteiger partial charge on any atom is -0.327 e. The van der Waals surface area contributed by atoms with Crippen molar-refractivity contribution in [1.29, 1.82) is 0 Å². The Labute approximate surface area is 120 Å². The van der Waals surface area contributed by atoms with Crippen molar-refractivity contribution in [3.05, 3.63) is 59.4 Å². The van der Waals surface area contributed by atoms with Crippen molar-refractivity contribution in [2.24, 2.45) is 0 Å². The number of nitrogens with zero attached hydrogens (tertiary/aromatic N) is 2. The number of hydrogen-bond donors (Lipinski definition) is 0. The summed E-state index contributed by atoms with van der Waals surface area (Å²) in [6.07, 6.45) is 1.86. The highest BCUT2D eigenvalue weighted by Crippen LogP contribution is 2.42. The summed E-state index contributed by atoms with van der Waals surface area (Å²) >= 11 is 1.53. The maximum atomic E-state index is 12.5. The van der Waals surface area contributed by atoms with Crippen molar-refractivity contribution in [3.8, 4) is 0 Å². The topological polar surface area (TPSA) is 42.3 Å². The first kappa shape index (κ1) is 11.8. The molecular formula is C15H12N2O2S. The Bertz CT molecular complexity index is 722. The van der Waals surface area contributed by atoms with Crippen LogP contribution in [0.2, 0.25) is 0 Å². The van der Waals surface area contributed by atoms with Crippen LogP contribution in [-0.4, -0.2) is 26.9 Å². The van der Waals surface area contributed by atoms with E-state index < -0.39 is 0 Å². The van der Waals surface area contributed by atoms with Gasteiger partial charge in [-0.05, 0) is 23.8 Å². The van der Waals surface area contributed by atoms with Crippen molar-refractivity contribution in [1.82, 2.24) is 9.47 Å². The predicted molar refractivity (Wildman–Crippen MR) is 76.6 cm³/mol. The summed E-state index contributed by atoms with van der Waals surface area (Å²) in [6, 6.07) is 11.3. The Morgan fingerprint density at radius 1 is 1.10 bits per heavy atom. The van der Waals surface area contributed by atoms with Crippen LogP contribution in [0.15, 0.2) is 42.6 Å². The molecule has 0 fully saturated rings. The zero-order valence-electron chi connectivity index (χ0n) is 10.7.